The first-order valence-electron chi connectivity index (χ1n) is 5.96. The molecule has 2 rings (SSSR count). The van der Waals surface area contributed by atoms with Crippen molar-refractivity contribution >= 4 is 23.2 Å². The second-order valence-electron chi connectivity index (χ2n) is 4.22. The fourth-order valence-corrected chi connectivity index (χ4v) is 1.95. The molecule has 0 radical (unpaired) electrons. The maximum atomic E-state index is 12.2. The van der Waals surface area contributed by atoms with E-state index in [1.54, 1.807) is 32.0 Å². The van der Waals surface area contributed by atoms with Crippen molar-refractivity contribution in [3.8, 4) is 5.75 Å². The molecule has 1 heterocycles. The van der Waals surface area contributed by atoms with Crippen LogP contribution in [-0.4, -0.2) is 23.0 Å². The van der Waals surface area contributed by atoms with Gasteiger partial charge in [-0.1, -0.05) is 11.6 Å². The Labute approximate surface area is 122 Å². The summed E-state index contributed by atoms with van der Waals surface area (Å²) in [5, 5.41) is 3.26. The van der Waals surface area contributed by atoms with E-state index < -0.39 is 0 Å². The van der Waals surface area contributed by atoms with Crippen molar-refractivity contribution in [3.05, 3.63) is 46.5 Å². The quantitative estimate of drug-likeness (QED) is 0.944. The number of amides is 1. The van der Waals surface area contributed by atoms with E-state index >= 15 is 0 Å². The molecule has 1 aromatic carbocycles. The molecule has 0 saturated heterocycles. The first kappa shape index (κ1) is 14.3. The average Bonchev–Trinajstić information content (AvgIpc) is 2.38. The molecule has 5 nitrogen and oxygen atoms in total. The van der Waals surface area contributed by atoms with Crippen molar-refractivity contribution in [1.29, 1.82) is 0 Å². The minimum Gasteiger partial charge on any atom is -0.495 e. The normalized spacial score (nSPS) is 10.2. The topological polar surface area (TPSA) is 64.1 Å². The van der Waals surface area contributed by atoms with Gasteiger partial charge in [0.15, 0.2) is 0 Å². The highest BCUT2D eigenvalue weighted by Gasteiger charge is 2.13. The Kier molecular flexibility index (Phi) is 4.20. The SMILES string of the molecule is COc1ccc(Cl)cc1NC(=O)c1cnc(C)nc1C. The third-order valence-corrected chi connectivity index (χ3v) is 2.99. The van der Waals surface area contributed by atoms with E-state index in [1.165, 1.54) is 13.3 Å². The van der Waals surface area contributed by atoms with Crippen LogP contribution in [0.3, 0.4) is 0 Å². The largest absolute Gasteiger partial charge is 0.495 e. The fraction of sp³-hybridized carbons (Fsp3) is 0.214. The molecule has 0 saturated carbocycles. The molecule has 0 spiro atoms. The Morgan fingerprint density at radius 1 is 1.35 bits per heavy atom. The average molecular weight is 292 g/mol. The summed E-state index contributed by atoms with van der Waals surface area (Å²) in [5.74, 6) is 0.857. The number of rotatable bonds is 3. The number of anilines is 1. The summed E-state index contributed by atoms with van der Waals surface area (Å²) >= 11 is 5.92. The van der Waals surface area contributed by atoms with Crippen molar-refractivity contribution in [2.75, 3.05) is 12.4 Å². The molecule has 0 aliphatic carbocycles. The van der Waals surface area contributed by atoms with Crippen molar-refractivity contribution < 1.29 is 9.53 Å². The Morgan fingerprint density at radius 2 is 2.10 bits per heavy atom. The molecule has 0 aliphatic rings. The van der Waals surface area contributed by atoms with Crippen LogP contribution >= 0.6 is 11.6 Å². The summed E-state index contributed by atoms with van der Waals surface area (Å²) in [4.78, 5) is 20.4. The molecule has 6 heteroatoms. The minimum absolute atomic E-state index is 0.303. The van der Waals surface area contributed by atoms with E-state index in [2.05, 4.69) is 15.3 Å². The molecule has 104 valence electrons. The fourth-order valence-electron chi connectivity index (χ4n) is 1.77. The maximum Gasteiger partial charge on any atom is 0.259 e. The number of carbonyl (C=O) groups excluding carboxylic acids is 1. The summed E-state index contributed by atoms with van der Waals surface area (Å²) < 4.78 is 5.18. The van der Waals surface area contributed by atoms with Crippen molar-refractivity contribution in [1.82, 2.24) is 9.97 Å². The van der Waals surface area contributed by atoms with Gasteiger partial charge in [0.2, 0.25) is 0 Å². The van der Waals surface area contributed by atoms with Gasteiger partial charge in [-0.2, -0.15) is 0 Å². The molecular weight excluding hydrogens is 278 g/mol. The number of nitrogens with one attached hydrogen (secondary N) is 1. The van der Waals surface area contributed by atoms with Crippen LogP contribution in [0.15, 0.2) is 24.4 Å². The third-order valence-electron chi connectivity index (χ3n) is 2.75. The van der Waals surface area contributed by atoms with Crippen LogP contribution in [0.2, 0.25) is 5.02 Å². The number of aryl methyl sites for hydroxylation is 2. The lowest BCUT2D eigenvalue weighted by Gasteiger charge is -2.11. The molecule has 0 unspecified atom stereocenters. The number of ether oxygens (including phenoxy) is 1. The molecule has 0 aliphatic heterocycles. The summed E-state index contributed by atoms with van der Waals surface area (Å²) in [7, 11) is 1.53. The maximum absolute atomic E-state index is 12.2. The lowest BCUT2D eigenvalue weighted by atomic mass is 10.2. The number of aromatic nitrogens is 2. The molecule has 0 atom stereocenters. The van der Waals surface area contributed by atoms with E-state index in [9.17, 15) is 4.79 Å². The molecule has 1 amide bonds. The van der Waals surface area contributed by atoms with Gasteiger partial charge >= 0.3 is 0 Å². The van der Waals surface area contributed by atoms with Gasteiger partial charge in [0.25, 0.3) is 5.91 Å². The molecule has 20 heavy (non-hydrogen) atoms. The highest BCUT2D eigenvalue weighted by molar-refractivity contribution is 6.31. The monoisotopic (exact) mass is 291 g/mol. The van der Waals surface area contributed by atoms with Gasteiger partial charge in [-0.15, -0.1) is 0 Å². The molecular formula is C14H14ClN3O2. The predicted molar refractivity (Wildman–Crippen MR) is 77.5 cm³/mol. The van der Waals surface area contributed by atoms with Crippen LogP contribution in [0, 0.1) is 13.8 Å². The number of hydrogen-bond donors (Lipinski definition) is 1. The van der Waals surface area contributed by atoms with E-state index in [4.69, 9.17) is 16.3 Å². The first-order chi connectivity index (χ1) is 9.51. The van der Waals surface area contributed by atoms with E-state index in [1.807, 2.05) is 0 Å². The van der Waals surface area contributed by atoms with Crippen LogP contribution in [-0.2, 0) is 0 Å². The standard InChI is InChI=1S/C14H14ClN3O2/c1-8-11(7-16-9(2)17-8)14(19)18-12-6-10(15)4-5-13(12)20-3/h4-7H,1-3H3,(H,18,19). The second kappa shape index (κ2) is 5.88. The van der Waals surface area contributed by atoms with Gasteiger partial charge < -0.3 is 10.1 Å². The molecule has 0 bridgehead atoms. The van der Waals surface area contributed by atoms with Crippen molar-refractivity contribution in [2.45, 2.75) is 13.8 Å². The van der Waals surface area contributed by atoms with E-state index in [0.29, 0.717) is 33.5 Å². The van der Waals surface area contributed by atoms with Gasteiger partial charge in [0, 0.05) is 11.2 Å². The van der Waals surface area contributed by atoms with Gasteiger partial charge in [0.1, 0.15) is 11.6 Å². The number of halogens is 1. The van der Waals surface area contributed by atoms with Crippen molar-refractivity contribution in [2.24, 2.45) is 0 Å². The van der Waals surface area contributed by atoms with Crippen LogP contribution in [0.5, 0.6) is 5.75 Å². The Balaban J connectivity index is 2.30. The minimum atomic E-state index is -0.303. The molecule has 2 aromatic rings. The van der Waals surface area contributed by atoms with E-state index in [0.717, 1.165) is 0 Å². The second-order valence-corrected chi connectivity index (χ2v) is 4.65. The summed E-state index contributed by atoms with van der Waals surface area (Å²) in [6, 6.07) is 5.01. The number of nitrogens with zero attached hydrogens (tertiary/aromatic N) is 2. The Hall–Kier alpha value is -2.14. The van der Waals surface area contributed by atoms with Crippen LogP contribution < -0.4 is 10.1 Å². The highest BCUT2D eigenvalue weighted by Crippen LogP contribution is 2.28. The van der Waals surface area contributed by atoms with E-state index in [-0.39, 0.29) is 5.91 Å². The zero-order valence-corrected chi connectivity index (χ0v) is 12.2. The Morgan fingerprint density at radius 3 is 2.75 bits per heavy atom. The number of hydrogen-bond acceptors (Lipinski definition) is 4. The lowest BCUT2D eigenvalue weighted by Crippen LogP contribution is -2.15. The molecule has 1 aromatic heterocycles. The highest BCUT2D eigenvalue weighted by atomic mass is 35.5. The van der Waals surface area contributed by atoms with Gasteiger partial charge in [-0.25, -0.2) is 9.97 Å². The zero-order chi connectivity index (χ0) is 14.7. The number of methoxy groups -OCH3 is 1. The third kappa shape index (κ3) is 3.05. The number of carbonyl (C=O) groups is 1. The summed E-state index contributed by atoms with van der Waals surface area (Å²) in [5.41, 5.74) is 1.54. The Bertz CT molecular complexity index is 659. The molecule has 1 N–H and O–H groups in total. The van der Waals surface area contributed by atoms with Gasteiger partial charge in [-0.3, -0.25) is 4.79 Å². The van der Waals surface area contributed by atoms with Gasteiger partial charge in [0.05, 0.1) is 24.1 Å². The zero-order valence-electron chi connectivity index (χ0n) is 11.4. The number of benzene rings is 1. The summed E-state index contributed by atoms with van der Waals surface area (Å²) in [6.45, 7) is 3.54. The lowest BCUT2D eigenvalue weighted by molar-refractivity contribution is 0.102. The van der Waals surface area contributed by atoms with Crippen LogP contribution in [0.25, 0.3) is 0 Å². The van der Waals surface area contributed by atoms with Crippen LogP contribution in [0.4, 0.5) is 5.69 Å². The summed E-state index contributed by atoms with van der Waals surface area (Å²) in [6.07, 6.45) is 1.50. The van der Waals surface area contributed by atoms with Gasteiger partial charge in [-0.05, 0) is 32.0 Å². The first-order valence-corrected chi connectivity index (χ1v) is 6.34. The molecule has 0 fully saturated rings. The van der Waals surface area contributed by atoms with Crippen LogP contribution in [0.1, 0.15) is 21.9 Å². The predicted octanol–water partition coefficient (Wildman–Crippen LogP) is 3.01. The smallest absolute Gasteiger partial charge is 0.259 e. The van der Waals surface area contributed by atoms with Crippen molar-refractivity contribution in [3.63, 3.8) is 0 Å².